The predicted molar refractivity (Wildman–Crippen MR) is 76.9 cm³/mol. The fourth-order valence-electron chi connectivity index (χ4n) is 2.27. The Bertz CT molecular complexity index is 408. The number of nitrogens with zero attached hydrogens (tertiary/aromatic N) is 1. The van der Waals surface area contributed by atoms with Crippen molar-refractivity contribution in [2.45, 2.75) is 12.6 Å². The van der Waals surface area contributed by atoms with Gasteiger partial charge in [0.1, 0.15) is 5.75 Å². The van der Waals surface area contributed by atoms with E-state index in [4.69, 9.17) is 21.1 Å². The van der Waals surface area contributed by atoms with Gasteiger partial charge in [-0.15, -0.1) is 0 Å². The summed E-state index contributed by atoms with van der Waals surface area (Å²) in [5.41, 5.74) is 1.18. The summed E-state index contributed by atoms with van der Waals surface area (Å²) < 4.78 is 10.8. The van der Waals surface area contributed by atoms with E-state index in [0.717, 1.165) is 32.8 Å². The van der Waals surface area contributed by atoms with E-state index in [1.807, 2.05) is 18.2 Å². The molecule has 1 aliphatic heterocycles. The van der Waals surface area contributed by atoms with Gasteiger partial charge in [0.2, 0.25) is 0 Å². The van der Waals surface area contributed by atoms with Gasteiger partial charge in [-0.25, -0.2) is 0 Å². The highest BCUT2D eigenvalue weighted by Gasteiger charge is 2.15. The number of rotatable bonds is 5. The summed E-state index contributed by atoms with van der Waals surface area (Å²) in [5.74, 6) is 0.716. The lowest BCUT2D eigenvalue weighted by molar-refractivity contribution is 0.00885. The standard InChI is InChI=1S/C14H21ClN2O2/c1-17(10-12-8-16-5-6-19-12)9-11-3-4-14(18-2)13(15)7-11/h3-4,7,12,16H,5-6,8-10H2,1-2H3. The summed E-state index contributed by atoms with van der Waals surface area (Å²) in [7, 11) is 3.72. The number of ether oxygens (including phenoxy) is 2. The van der Waals surface area contributed by atoms with Gasteiger partial charge in [-0.2, -0.15) is 0 Å². The van der Waals surface area contributed by atoms with Crippen LogP contribution in [0.25, 0.3) is 0 Å². The summed E-state index contributed by atoms with van der Waals surface area (Å²) in [4.78, 5) is 2.25. The lowest BCUT2D eigenvalue weighted by Crippen LogP contribution is -2.44. The van der Waals surface area contributed by atoms with E-state index in [1.54, 1.807) is 7.11 Å². The molecular weight excluding hydrogens is 264 g/mol. The number of likely N-dealkylation sites (N-methyl/N-ethyl adjacent to an activating group) is 1. The van der Waals surface area contributed by atoms with Gasteiger partial charge >= 0.3 is 0 Å². The molecule has 0 amide bonds. The molecule has 1 fully saturated rings. The Morgan fingerprint density at radius 2 is 2.37 bits per heavy atom. The highest BCUT2D eigenvalue weighted by Crippen LogP contribution is 2.25. The van der Waals surface area contributed by atoms with Crippen LogP contribution >= 0.6 is 11.6 Å². The lowest BCUT2D eigenvalue weighted by Gasteiger charge is -2.28. The first-order valence-corrected chi connectivity index (χ1v) is 6.90. The second-order valence-electron chi connectivity index (χ2n) is 4.86. The maximum absolute atomic E-state index is 6.13. The molecule has 1 aliphatic rings. The van der Waals surface area contributed by atoms with Crippen molar-refractivity contribution in [1.82, 2.24) is 10.2 Å². The SMILES string of the molecule is COc1ccc(CN(C)CC2CNCCO2)cc1Cl. The molecule has 19 heavy (non-hydrogen) atoms. The largest absolute Gasteiger partial charge is 0.495 e. The third-order valence-electron chi connectivity index (χ3n) is 3.19. The number of hydrogen-bond donors (Lipinski definition) is 1. The first kappa shape index (κ1) is 14.6. The monoisotopic (exact) mass is 284 g/mol. The average molecular weight is 285 g/mol. The van der Waals surface area contributed by atoms with Crippen molar-refractivity contribution in [3.05, 3.63) is 28.8 Å². The van der Waals surface area contributed by atoms with E-state index >= 15 is 0 Å². The summed E-state index contributed by atoms with van der Waals surface area (Å²) in [6, 6.07) is 5.90. The van der Waals surface area contributed by atoms with E-state index < -0.39 is 0 Å². The van der Waals surface area contributed by atoms with E-state index in [2.05, 4.69) is 17.3 Å². The van der Waals surface area contributed by atoms with Crippen LogP contribution < -0.4 is 10.1 Å². The summed E-state index contributed by atoms with van der Waals surface area (Å²) >= 11 is 6.13. The van der Waals surface area contributed by atoms with E-state index in [0.29, 0.717) is 10.8 Å². The normalized spacial score (nSPS) is 19.7. The predicted octanol–water partition coefficient (Wildman–Crippen LogP) is 1.77. The van der Waals surface area contributed by atoms with Gasteiger partial charge in [0.05, 0.1) is 24.8 Å². The molecule has 2 rings (SSSR count). The minimum Gasteiger partial charge on any atom is -0.495 e. The second-order valence-corrected chi connectivity index (χ2v) is 5.27. The zero-order valence-electron chi connectivity index (χ0n) is 11.5. The first-order chi connectivity index (χ1) is 9.19. The van der Waals surface area contributed by atoms with Crippen molar-refractivity contribution < 1.29 is 9.47 Å². The molecule has 1 aromatic rings. The summed E-state index contributed by atoms with van der Waals surface area (Å²) in [6.45, 7) is 4.44. The van der Waals surface area contributed by atoms with Gasteiger partial charge < -0.3 is 14.8 Å². The molecule has 1 aromatic carbocycles. The molecular formula is C14H21ClN2O2. The number of methoxy groups -OCH3 is 1. The van der Waals surface area contributed by atoms with Gasteiger partial charge in [-0.3, -0.25) is 4.90 Å². The molecule has 0 saturated carbocycles. The van der Waals surface area contributed by atoms with Crippen LogP contribution in [-0.4, -0.2) is 51.4 Å². The topological polar surface area (TPSA) is 33.7 Å². The summed E-state index contributed by atoms with van der Waals surface area (Å²) in [6.07, 6.45) is 0.271. The average Bonchev–Trinajstić information content (AvgIpc) is 2.40. The van der Waals surface area contributed by atoms with Gasteiger partial charge in [0.15, 0.2) is 0 Å². The van der Waals surface area contributed by atoms with Crippen LogP contribution in [0.5, 0.6) is 5.75 Å². The molecule has 0 bridgehead atoms. The smallest absolute Gasteiger partial charge is 0.137 e. The fourth-order valence-corrected chi connectivity index (χ4v) is 2.55. The van der Waals surface area contributed by atoms with Crippen molar-refractivity contribution in [2.24, 2.45) is 0 Å². The molecule has 1 N–H and O–H groups in total. The Morgan fingerprint density at radius 3 is 3.00 bits per heavy atom. The first-order valence-electron chi connectivity index (χ1n) is 6.52. The van der Waals surface area contributed by atoms with Crippen LogP contribution in [-0.2, 0) is 11.3 Å². The van der Waals surface area contributed by atoms with Gasteiger partial charge in [0, 0.05) is 26.2 Å². The number of nitrogens with one attached hydrogen (secondary N) is 1. The molecule has 0 aliphatic carbocycles. The van der Waals surface area contributed by atoms with Gasteiger partial charge in [-0.1, -0.05) is 17.7 Å². The molecule has 1 heterocycles. The van der Waals surface area contributed by atoms with E-state index in [1.165, 1.54) is 5.56 Å². The van der Waals surface area contributed by atoms with Crippen LogP contribution in [0.3, 0.4) is 0 Å². The van der Waals surface area contributed by atoms with E-state index in [-0.39, 0.29) is 6.10 Å². The van der Waals surface area contributed by atoms with Crippen LogP contribution in [0, 0.1) is 0 Å². The fraction of sp³-hybridized carbons (Fsp3) is 0.571. The van der Waals surface area contributed by atoms with Gasteiger partial charge in [-0.05, 0) is 24.7 Å². The van der Waals surface area contributed by atoms with Crippen molar-refractivity contribution >= 4 is 11.6 Å². The second kappa shape index (κ2) is 7.10. The molecule has 106 valence electrons. The number of morpholine rings is 1. The molecule has 1 unspecified atom stereocenters. The Kier molecular flexibility index (Phi) is 5.45. The van der Waals surface area contributed by atoms with Crippen molar-refractivity contribution in [3.63, 3.8) is 0 Å². The molecule has 4 nitrogen and oxygen atoms in total. The zero-order chi connectivity index (χ0) is 13.7. The van der Waals surface area contributed by atoms with Crippen molar-refractivity contribution in [1.29, 1.82) is 0 Å². The minimum atomic E-state index is 0.271. The van der Waals surface area contributed by atoms with Crippen molar-refractivity contribution in [3.8, 4) is 5.75 Å². The highest BCUT2D eigenvalue weighted by atomic mass is 35.5. The Balaban J connectivity index is 1.87. The zero-order valence-corrected chi connectivity index (χ0v) is 12.2. The number of halogens is 1. The molecule has 1 saturated heterocycles. The van der Waals surface area contributed by atoms with E-state index in [9.17, 15) is 0 Å². The van der Waals surface area contributed by atoms with Crippen molar-refractivity contribution in [2.75, 3.05) is 40.4 Å². The minimum absolute atomic E-state index is 0.271. The quantitative estimate of drug-likeness (QED) is 0.894. The summed E-state index contributed by atoms with van der Waals surface area (Å²) in [5, 5.41) is 4.00. The van der Waals surface area contributed by atoms with Crippen LogP contribution in [0.4, 0.5) is 0 Å². The van der Waals surface area contributed by atoms with Crippen LogP contribution in [0.2, 0.25) is 5.02 Å². The molecule has 0 aromatic heterocycles. The van der Waals surface area contributed by atoms with Crippen LogP contribution in [0.15, 0.2) is 18.2 Å². The molecule has 5 heteroatoms. The number of benzene rings is 1. The maximum atomic E-state index is 6.13. The molecule has 0 spiro atoms. The third kappa shape index (κ3) is 4.35. The number of hydrogen-bond acceptors (Lipinski definition) is 4. The highest BCUT2D eigenvalue weighted by molar-refractivity contribution is 6.32. The third-order valence-corrected chi connectivity index (χ3v) is 3.48. The molecule has 0 radical (unpaired) electrons. The van der Waals surface area contributed by atoms with Gasteiger partial charge in [0.25, 0.3) is 0 Å². The maximum Gasteiger partial charge on any atom is 0.137 e. The molecule has 1 atom stereocenters. The Labute approximate surface area is 119 Å². The lowest BCUT2D eigenvalue weighted by atomic mass is 10.2. The Morgan fingerprint density at radius 1 is 1.53 bits per heavy atom. The van der Waals surface area contributed by atoms with Crippen LogP contribution in [0.1, 0.15) is 5.56 Å². The Hall–Kier alpha value is -0.810.